The third-order valence-corrected chi connectivity index (χ3v) is 5.56. The number of fused-ring (bicyclic) bond motifs is 1. The predicted octanol–water partition coefficient (Wildman–Crippen LogP) is 2.72. The van der Waals surface area contributed by atoms with Gasteiger partial charge >= 0.3 is 5.97 Å². The molecule has 0 saturated carbocycles. The van der Waals surface area contributed by atoms with Crippen LogP contribution in [0.4, 0.5) is 0 Å². The number of carbonyl (C=O) groups is 2. The second-order valence-corrected chi connectivity index (χ2v) is 7.35. The number of carbonyl (C=O) groups excluding carboxylic acids is 1. The van der Waals surface area contributed by atoms with E-state index in [0.717, 1.165) is 18.4 Å². The van der Waals surface area contributed by atoms with Gasteiger partial charge in [-0.15, -0.1) is 0 Å². The molecule has 148 valence electrons. The van der Waals surface area contributed by atoms with Crippen molar-refractivity contribution in [3.05, 3.63) is 75.7 Å². The van der Waals surface area contributed by atoms with Crippen LogP contribution in [0.5, 0.6) is 0 Å². The van der Waals surface area contributed by atoms with Crippen molar-refractivity contribution in [1.82, 2.24) is 15.1 Å². The van der Waals surface area contributed by atoms with Gasteiger partial charge in [0, 0.05) is 18.5 Å². The highest BCUT2D eigenvalue weighted by Crippen LogP contribution is 2.25. The average molecular weight is 391 g/mol. The molecule has 7 nitrogen and oxygen atoms in total. The highest BCUT2D eigenvalue weighted by Gasteiger charge is 2.27. The first kappa shape index (κ1) is 18.9. The van der Waals surface area contributed by atoms with E-state index in [1.165, 1.54) is 0 Å². The maximum Gasteiger partial charge on any atom is 0.335 e. The predicted molar refractivity (Wildman–Crippen MR) is 108 cm³/mol. The minimum Gasteiger partial charge on any atom is -0.478 e. The molecule has 2 aromatic carbocycles. The van der Waals surface area contributed by atoms with Crippen LogP contribution in [-0.4, -0.2) is 45.2 Å². The van der Waals surface area contributed by atoms with Crippen molar-refractivity contribution < 1.29 is 14.7 Å². The zero-order chi connectivity index (χ0) is 20.4. The second kappa shape index (κ2) is 7.87. The summed E-state index contributed by atoms with van der Waals surface area (Å²) in [5.74, 6) is -0.786. The van der Waals surface area contributed by atoms with E-state index in [-0.39, 0.29) is 17.2 Å². The van der Waals surface area contributed by atoms with Gasteiger partial charge in [0.05, 0.1) is 10.9 Å². The normalized spacial score (nSPS) is 14.8. The topological polar surface area (TPSA) is 103 Å². The molecule has 2 N–H and O–H groups in total. The van der Waals surface area contributed by atoms with Crippen LogP contribution in [0.2, 0.25) is 0 Å². The van der Waals surface area contributed by atoms with Gasteiger partial charge in [-0.1, -0.05) is 36.4 Å². The van der Waals surface area contributed by atoms with Crippen molar-refractivity contribution in [2.24, 2.45) is 5.92 Å². The van der Waals surface area contributed by atoms with Gasteiger partial charge in [0.2, 0.25) is 0 Å². The van der Waals surface area contributed by atoms with Crippen molar-refractivity contribution in [1.29, 1.82) is 0 Å². The lowest BCUT2D eigenvalue weighted by atomic mass is 9.88. The summed E-state index contributed by atoms with van der Waals surface area (Å²) in [7, 11) is 0. The zero-order valence-corrected chi connectivity index (χ0v) is 15.8. The van der Waals surface area contributed by atoms with E-state index in [9.17, 15) is 19.5 Å². The van der Waals surface area contributed by atoms with Gasteiger partial charge in [0.25, 0.3) is 11.5 Å². The van der Waals surface area contributed by atoms with E-state index in [1.807, 2.05) is 12.1 Å². The smallest absolute Gasteiger partial charge is 0.335 e. The molecule has 0 radical (unpaired) electrons. The molecule has 1 aliphatic rings. The number of benzene rings is 2. The number of hydrogen-bond donors (Lipinski definition) is 2. The number of carboxylic acids is 1. The molecule has 1 aliphatic heterocycles. The third kappa shape index (κ3) is 3.76. The zero-order valence-electron chi connectivity index (χ0n) is 15.8. The van der Waals surface area contributed by atoms with E-state index in [1.54, 1.807) is 41.3 Å². The van der Waals surface area contributed by atoms with Crippen molar-refractivity contribution in [3.63, 3.8) is 0 Å². The van der Waals surface area contributed by atoms with Gasteiger partial charge in [-0.3, -0.25) is 9.59 Å². The summed E-state index contributed by atoms with van der Waals surface area (Å²) in [4.78, 5) is 38.1. The minimum atomic E-state index is -0.913. The number of amides is 1. The Morgan fingerprint density at radius 1 is 1.03 bits per heavy atom. The van der Waals surface area contributed by atoms with Crippen LogP contribution in [0.15, 0.2) is 53.3 Å². The monoisotopic (exact) mass is 391 g/mol. The molecule has 0 aliphatic carbocycles. The number of likely N-dealkylation sites (tertiary alicyclic amines) is 1. The number of carboxylic acid groups (broad SMARTS) is 1. The maximum absolute atomic E-state index is 13.0. The fraction of sp³-hybridized carbons (Fsp3) is 0.273. The average Bonchev–Trinajstić information content (AvgIpc) is 2.74. The quantitative estimate of drug-likeness (QED) is 0.712. The van der Waals surface area contributed by atoms with E-state index in [2.05, 4.69) is 10.2 Å². The molecule has 3 aromatic rings. The summed E-state index contributed by atoms with van der Waals surface area (Å²) in [6.07, 6.45) is 2.27. The van der Waals surface area contributed by atoms with E-state index >= 15 is 0 Å². The first-order valence-corrected chi connectivity index (χ1v) is 9.62. The van der Waals surface area contributed by atoms with Crippen molar-refractivity contribution in [3.8, 4) is 0 Å². The standard InChI is InChI=1S/C22H21N3O4/c26-20-18-8-4-3-7-17(18)19(23-24-20)21(27)25-11-9-14(10-12-25)13-15-5-1-2-6-16(15)22(28)29/h1-8,14H,9-13H2,(H,24,26)(H,28,29). The number of hydrogen-bond acceptors (Lipinski definition) is 4. The highest BCUT2D eigenvalue weighted by atomic mass is 16.4. The summed E-state index contributed by atoms with van der Waals surface area (Å²) in [5.41, 5.74) is 1.12. The SMILES string of the molecule is O=C(O)c1ccccc1CC1CCN(C(=O)c2n[nH]c(=O)c3ccccc23)CC1. The summed E-state index contributed by atoms with van der Waals surface area (Å²) >= 11 is 0. The number of nitrogens with zero attached hydrogens (tertiary/aromatic N) is 2. The maximum atomic E-state index is 13.0. The van der Waals surface area contributed by atoms with Crippen LogP contribution in [0.1, 0.15) is 39.3 Å². The van der Waals surface area contributed by atoms with Crippen molar-refractivity contribution in [2.45, 2.75) is 19.3 Å². The lowest BCUT2D eigenvalue weighted by Crippen LogP contribution is -2.39. The lowest BCUT2D eigenvalue weighted by molar-refractivity contribution is 0.0685. The molecule has 1 saturated heterocycles. The van der Waals surface area contributed by atoms with Gasteiger partial charge in [0.1, 0.15) is 0 Å². The Kier molecular flexibility index (Phi) is 5.12. The Balaban J connectivity index is 1.47. The van der Waals surface area contributed by atoms with Crippen molar-refractivity contribution in [2.75, 3.05) is 13.1 Å². The van der Waals surface area contributed by atoms with Crippen molar-refractivity contribution >= 4 is 22.6 Å². The number of nitrogens with one attached hydrogen (secondary N) is 1. The number of aromatic carboxylic acids is 1. The molecule has 4 rings (SSSR count). The lowest BCUT2D eigenvalue weighted by Gasteiger charge is -2.32. The Morgan fingerprint density at radius 2 is 1.69 bits per heavy atom. The first-order chi connectivity index (χ1) is 14.0. The number of piperidine rings is 1. The van der Waals surface area contributed by atoms with Crippen LogP contribution < -0.4 is 5.56 Å². The molecule has 1 amide bonds. The summed E-state index contributed by atoms with van der Waals surface area (Å²) in [6, 6.07) is 14.0. The molecule has 7 heteroatoms. The Labute approximate surface area is 167 Å². The van der Waals surface area contributed by atoms with E-state index in [0.29, 0.717) is 41.8 Å². The number of H-pyrrole nitrogens is 1. The van der Waals surface area contributed by atoms with Crippen LogP contribution in [0, 0.1) is 5.92 Å². The minimum absolute atomic E-state index is 0.193. The largest absolute Gasteiger partial charge is 0.478 e. The van der Waals surface area contributed by atoms with Crippen LogP contribution >= 0.6 is 0 Å². The van der Waals surface area contributed by atoms with Gasteiger partial charge in [-0.25, -0.2) is 9.89 Å². The molecular formula is C22H21N3O4. The summed E-state index contributed by atoms with van der Waals surface area (Å²) in [6.45, 7) is 1.15. The second-order valence-electron chi connectivity index (χ2n) is 7.35. The molecular weight excluding hydrogens is 370 g/mol. The first-order valence-electron chi connectivity index (χ1n) is 9.62. The third-order valence-electron chi connectivity index (χ3n) is 5.56. The van der Waals surface area contributed by atoms with Crippen LogP contribution in [-0.2, 0) is 6.42 Å². The van der Waals surface area contributed by atoms with Gasteiger partial charge in [-0.05, 0) is 42.9 Å². The molecule has 1 fully saturated rings. The van der Waals surface area contributed by atoms with Gasteiger partial charge in [-0.2, -0.15) is 5.10 Å². The van der Waals surface area contributed by atoms with Gasteiger partial charge < -0.3 is 10.0 Å². The fourth-order valence-electron chi connectivity index (χ4n) is 3.99. The number of aromatic amines is 1. The summed E-state index contributed by atoms with van der Waals surface area (Å²) in [5, 5.41) is 16.8. The Bertz CT molecular complexity index is 1130. The van der Waals surface area contributed by atoms with E-state index in [4.69, 9.17) is 0 Å². The molecule has 2 heterocycles. The Hall–Kier alpha value is -3.48. The molecule has 1 aromatic heterocycles. The molecule has 0 atom stereocenters. The van der Waals surface area contributed by atoms with Gasteiger partial charge in [0.15, 0.2) is 5.69 Å². The molecule has 0 bridgehead atoms. The fourth-order valence-corrected chi connectivity index (χ4v) is 3.99. The van der Waals surface area contributed by atoms with Crippen LogP contribution in [0.25, 0.3) is 10.8 Å². The van der Waals surface area contributed by atoms with E-state index < -0.39 is 5.97 Å². The number of aromatic nitrogens is 2. The summed E-state index contributed by atoms with van der Waals surface area (Å²) < 4.78 is 0. The molecule has 0 spiro atoms. The Morgan fingerprint density at radius 3 is 2.41 bits per heavy atom. The van der Waals surface area contributed by atoms with Crippen LogP contribution in [0.3, 0.4) is 0 Å². The number of rotatable bonds is 4. The highest BCUT2D eigenvalue weighted by molar-refractivity contribution is 6.04. The molecule has 29 heavy (non-hydrogen) atoms. The molecule has 0 unspecified atom stereocenters.